The highest BCUT2D eigenvalue weighted by atomic mass is 16.5. The van der Waals surface area contributed by atoms with Crippen LogP contribution in [0.3, 0.4) is 0 Å². The second-order valence-corrected chi connectivity index (χ2v) is 8.83. The maximum Gasteiger partial charge on any atom is 0.121 e. The van der Waals surface area contributed by atoms with Crippen molar-refractivity contribution in [2.75, 3.05) is 51.3 Å². The first-order valence-electron chi connectivity index (χ1n) is 11.2. The van der Waals surface area contributed by atoms with Crippen molar-refractivity contribution in [3.8, 4) is 11.5 Å². The second kappa shape index (κ2) is 9.27. The molecule has 0 aromatic heterocycles. The number of piperazine rings is 1. The highest BCUT2D eigenvalue weighted by molar-refractivity contribution is 5.49. The number of aryl methyl sites for hydroxylation is 2. The van der Waals surface area contributed by atoms with Crippen LogP contribution in [-0.4, -0.2) is 67.3 Å². The fourth-order valence-corrected chi connectivity index (χ4v) is 5.01. The van der Waals surface area contributed by atoms with Crippen molar-refractivity contribution in [1.82, 2.24) is 9.80 Å². The zero-order valence-corrected chi connectivity index (χ0v) is 18.6. The van der Waals surface area contributed by atoms with Crippen molar-refractivity contribution >= 4 is 5.69 Å². The van der Waals surface area contributed by atoms with Gasteiger partial charge in [0.25, 0.3) is 0 Å². The molecule has 2 saturated heterocycles. The van der Waals surface area contributed by atoms with Gasteiger partial charge in [-0.15, -0.1) is 0 Å². The summed E-state index contributed by atoms with van der Waals surface area (Å²) in [5.74, 6) is 1.35. The second-order valence-electron chi connectivity index (χ2n) is 8.83. The molecule has 0 saturated carbocycles. The molecule has 0 bridgehead atoms. The monoisotopic (exact) mass is 409 g/mol. The minimum absolute atomic E-state index is 0.435. The van der Waals surface area contributed by atoms with Crippen LogP contribution in [0.5, 0.6) is 11.5 Å². The van der Waals surface area contributed by atoms with Crippen molar-refractivity contribution < 1.29 is 9.84 Å². The van der Waals surface area contributed by atoms with Crippen LogP contribution >= 0.6 is 0 Å². The van der Waals surface area contributed by atoms with Crippen LogP contribution in [0.15, 0.2) is 36.4 Å². The van der Waals surface area contributed by atoms with E-state index < -0.39 is 0 Å². The first-order valence-corrected chi connectivity index (χ1v) is 11.2. The van der Waals surface area contributed by atoms with Crippen molar-refractivity contribution in [3.05, 3.63) is 53.1 Å². The number of ether oxygens (including phenoxy) is 1. The quantitative estimate of drug-likeness (QED) is 0.813. The first-order chi connectivity index (χ1) is 14.5. The number of anilines is 1. The molecule has 0 unspecified atom stereocenters. The molecule has 4 rings (SSSR count). The molecule has 162 valence electrons. The standard InChI is InChI=1S/C25H35N3O2/c1-19-15-21(16-20(2)25(19)29)17-26-10-4-5-23(18-26)28-13-11-27(12-14-28)22-6-8-24(30-3)9-7-22/h6-9,15-16,23,29H,4-5,10-14,17-18H2,1-3H3/t23-/m0/s1. The van der Waals surface area contributed by atoms with Gasteiger partial charge in [-0.1, -0.05) is 12.1 Å². The number of rotatable bonds is 5. The Morgan fingerprint density at radius 2 is 1.63 bits per heavy atom. The third kappa shape index (κ3) is 4.73. The molecule has 5 nitrogen and oxygen atoms in total. The van der Waals surface area contributed by atoms with Crippen molar-refractivity contribution in [2.24, 2.45) is 0 Å². The average molecular weight is 410 g/mol. The summed E-state index contributed by atoms with van der Waals surface area (Å²) in [5, 5.41) is 10.0. The molecule has 1 N–H and O–H groups in total. The Kier molecular flexibility index (Phi) is 6.49. The third-order valence-corrected chi connectivity index (χ3v) is 6.71. The number of hydrogen-bond acceptors (Lipinski definition) is 5. The summed E-state index contributed by atoms with van der Waals surface area (Å²) in [6, 6.07) is 13.4. The van der Waals surface area contributed by atoms with E-state index in [2.05, 4.69) is 39.0 Å². The third-order valence-electron chi connectivity index (χ3n) is 6.71. The summed E-state index contributed by atoms with van der Waals surface area (Å²) < 4.78 is 5.28. The number of hydrogen-bond donors (Lipinski definition) is 1. The van der Waals surface area contributed by atoms with E-state index in [0.717, 1.165) is 56.1 Å². The molecule has 2 aliphatic heterocycles. The highest BCUT2D eigenvalue weighted by Gasteiger charge is 2.28. The Bertz CT molecular complexity index is 821. The lowest BCUT2D eigenvalue weighted by Gasteiger charge is -2.44. The molecule has 0 radical (unpaired) electrons. The van der Waals surface area contributed by atoms with E-state index >= 15 is 0 Å². The fourth-order valence-electron chi connectivity index (χ4n) is 5.01. The molecule has 2 heterocycles. The maximum atomic E-state index is 10.0. The van der Waals surface area contributed by atoms with Crippen molar-refractivity contribution in [3.63, 3.8) is 0 Å². The van der Waals surface area contributed by atoms with E-state index in [1.807, 2.05) is 26.0 Å². The van der Waals surface area contributed by atoms with E-state index in [9.17, 15) is 5.11 Å². The molecular weight excluding hydrogens is 374 g/mol. The molecule has 0 spiro atoms. The summed E-state index contributed by atoms with van der Waals surface area (Å²) in [7, 11) is 1.71. The van der Waals surface area contributed by atoms with Gasteiger partial charge in [0.1, 0.15) is 11.5 Å². The van der Waals surface area contributed by atoms with Gasteiger partial charge < -0.3 is 14.7 Å². The molecule has 2 fully saturated rings. The molecule has 0 amide bonds. The number of aromatic hydroxyl groups is 1. The smallest absolute Gasteiger partial charge is 0.121 e. The van der Waals surface area contributed by atoms with Gasteiger partial charge in [-0.3, -0.25) is 9.80 Å². The lowest BCUT2D eigenvalue weighted by atomic mass is 10.0. The predicted octanol–water partition coefficient (Wildman–Crippen LogP) is 3.80. The SMILES string of the molecule is COc1ccc(N2CCN([C@H]3CCCN(Cc4cc(C)c(O)c(C)c4)C3)CC2)cc1. The Balaban J connectivity index is 1.32. The molecular formula is C25H35N3O2. The summed E-state index contributed by atoms with van der Waals surface area (Å²) in [6.07, 6.45) is 2.56. The number of phenols is 1. The molecule has 30 heavy (non-hydrogen) atoms. The van der Waals surface area contributed by atoms with Crippen LogP contribution in [0.2, 0.25) is 0 Å². The molecule has 5 heteroatoms. The van der Waals surface area contributed by atoms with Gasteiger partial charge in [0.05, 0.1) is 7.11 Å². The normalized spacial score (nSPS) is 21.0. The van der Waals surface area contributed by atoms with E-state index in [1.54, 1.807) is 7.11 Å². The lowest BCUT2D eigenvalue weighted by molar-refractivity contribution is 0.0887. The largest absolute Gasteiger partial charge is 0.507 e. The van der Waals surface area contributed by atoms with Crippen LogP contribution in [-0.2, 0) is 6.54 Å². The molecule has 1 atom stereocenters. The maximum absolute atomic E-state index is 10.0. The summed E-state index contributed by atoms with van der Waals surface area (Å²) >= 11 is 0. The predicted molar refractivity (Wildman–Crippen MR) is 123 cm³/mol. The Morgan fingerprint density at radius 1 is 0.967 bits per heavy atom. The summed E-state index contributed by atoms with van der Waals surface area (Å²) in [5.41, 5.74) is 4.56. The number of phenolic OH excluding ortho intramolecular Hbond substituents is 1. The minimum Gasteiger partial charge on any atom is -0.507 e. The number of methoxy groups -OCH3 is 1. The van der Waals surface area contributed by atoms with Crippen LogP contribution in [0.1, 0.15) is 29.5 Å². The van der Waals surface area contributed by atoms with E-state index in [0.29, 0.717) is 11.8 Å². The van der Waals surface area contributed by atoms with Crippen LogP contribution < -0.4 is 9.64 Å². The van der Waals surface area contributed by atoms with Crippen LogP contribution in [0, 0.1) is 13.8 Å². The van der Waals surface area contributed by atoms with Gasteiger partial charge in [0.15, 0.2) is 0 Å². The van der Waals surface area contributed by atoms with Gasteiger partial charge in [0.2, 0.25) is 0 Å². The van der Waals surface area contributed by atoms with Crippen LogP contribution in [0.25, 0.3) is 0 Å². The van der Waals surface area contributed by atoms with Gasteiger partial charge in [0, 0.05) is 51.0 Å². The zero-order valence-electron chi connectivity index (χ0n) is 18.6. The Morgan fingerprint density at radius 3 is 2.27 bits per heavy atom. The molecule has 2 aliphatic rings. The highest BCUT2D eigenvalue weighted by Crippen LogP contribution is 2.26. The van der Waals surface area contributed by atoms with Crippen molar-refractivity contribution in [2.45, 2.75) is 39.3 Å². The molecule has 2 aromatic carbocycles. The van der Waals surface area contributed by atoms with Gasteiger partial charge >= 0.3 is 0 Å². The number of nitrogens with zero attached hydrogens (tertiary/aromatic N) is 3. The summed E-state index contributed by atoms with van der Waals surface area (Å²) in [6.45, 7) is 11.7. The first kappa shape index (κ1) is 21.0. The van der Waals surface area contributed by atoms with E-state index in [-0.39, 0.29) is 0 Å². The van der Waals surface area contributed by atoms with Gasteiger partial charge in [-0.2, -0.15) is 0 Å². The molecule has 0 aliphatic carbocycles. The Labute approximate surface area is 180 Å². The average Bonchev–Trinajstić information content (AvgIpc) is 2.78. The van der Waals surface area contributed by atoms with Gasteiger partial charge in [-0.05, 0) is 74.2 Å². The topological polar surface area (TPSA) is 39.2 Å². The van der Waals surface area contributed by atoms with E-state index in [1.165, 1.54) is 30.6 Å². The fraction of sp³-hybridized carbons (Fsp3) is 0.520. The van der Waals surface area contributed by atoms with E-state index in [4.69, 9.17) is 4.74 Å². The zero-order chi connectivity index (χ0) is 21.1. The molecule has 2 aromatic rings. The number of likely N-dealkylation sites (tertiary alicyclic amines) is 1. The number of piperidine rings is 1. The number of benzene rings is 2. The van der Waals surface area contributed by atoms with Crippen LogP contribution in [0.4, 0.5) is 5.69 Å². The van der Waals surface area contributed by atoms with Crippen molar-refractivity contribution in [1.29, 1.82) is 0 Å². The minimum atomic E-state index is 0.435. The Hall–Kier alpha value is -2.24. The summed E-state index contributed by atoms with van der Waals surface area (Å²) in [4.78, 5) is 7.77. The lowest BCUT2D eigenvalue weighted by Crippen LogP contribution is -2.55. The van der Waals surface area contributed by atoms with Gasteiger partial charge in [-0.25, -0.2) is 0 Å².